The summed E-state index contributed by atoms with van der Waals surface area (Å²) in [5.41, 5.74) is 0.695. The fourth-order valence-electron chi connectivity index (χ4n) is 1.56. The monoisotopic (exact) mass is 317 g/mol. The number of hydrogen-bond acceptors (Lipinski definition) is 7. The first-order chi connectivity index (χ1) is 11.2. The number of methoxy groups -OCH3 is 1. The van der Waals surface area contributed by atoms with Crippen molar-refractivity contribution in [3.05, 3.63) is 60.1 Å². The van der Waals surface area contributed by atoms with Gasteiger partial charge < -0.3 is 19.3 Å². The van der Waals surface area contributed by atoms with Crippen LogP contribution in [-0.4, -0.2) is 24.3 Å². The number of carbonyl (C=O) groups is 2. The van der Waals surface area contributed by atoms with Gasteiger partial charge in [-0.1, -0.05) is 35.5 Å². The number of nitrogens with zero attached hydrogens (tertiary/aromatic N) is 1. The molecule has 0 aliphatic heterocycles. The number of benzene rings is 1. The van der Waals surface area contributed by atoms with Gasteiger partial charge in [-0.05, 0) is 5.56 Å². The quantitative estimate of drug-likeness (QED) is 0.620. The zero-order valence-electron chi connectivity index (χ0n) is 12.3. The van der Waals surface area contributed by atoms with Crippen LogP contribution < -0.4 is 10.6 Å². The minimum atomic E-state index is -0.785. The van der Waals surface area contributed by atoms with Gasteiger partial charge in [-0.3, -0.25) is 5.32 Å². The smallest absolute Gasteiger partial charge is 0.412 e. The highest BCUT2D eigenvalue weighted by Gasteiger charge is 2.14. The molecule has 0 radical (unpaired) electrons. The highest BCUT2D eigenvalue weighted by Crippen LogP contribution is 2.04. The van der Waals surface area contributed by atoms with Crippen LogP contribution in [0, 0.1) is 0 Å². The van der Waals surface area contributed by atoms with Gasteiger partial charge in [-0.2, -0.15) is 0 Å². The number of amides is 1. The van der Waals surface area contributed by atoms with Gasteiger partial charge in [0.25, 0.3) is 0 Å². The lowest BCUT2D eigenvalue weighted by molar-refractivity contribution is -0.136. The zero-order valence-corrected chi connectivity index (χ0v) is 12.3. The summed E-state index contributed by atoms with van der Waals surface area (Å²) in [6.45, 7) is 0.0812. The summed E-state index contributed by atoms with van der Waals surface area (Å²) in [6, 6.07) is 10.7. The summed E-state index contributed by atoms with van der Waals surface area (Å²) < 4.78 is 14.2. The molecule has 8 heteroatoms. The van der Waals surface area contributed by atoms with Crippen molar-refractivity contribution < 1.29 is 23.6 Å². The molecule has 1 aromatic heterocycles. The summed E-state index contributed by atoms with van der Waals surface area (Å²) in [6.07, 6.45) is 1.80. The number of nitrogens with one attached hydrogen (secondary N) is 2. The SMILES string of the molecule is COC(=O)/C(=C/Nc1ccon1)NC(=O)OCc1ccccc1. The summed E-state index contributed by atoms with van der Waals surface area (Å²) >= 11 is 0. The van der Waals surface area contributed by atoms with E-state index in [1.165, 1.54) is 19.6 Å². The number of esters is 1. The van der Waals surface area contributed by atoms with E-state index in [-0.39, 0.29) is 12.3 Å². The summed E-state index contributed by atoms with van der Waals surface area (Å²) in [4.78, 5) is 23.4. The Balaban J connectivity index is 1.92. The predicted octanol–water partition coefficient (Wildman–Crippen LogP) is 2.03. The van der Waals surface area contributed by atoms with Crippen molar-refractivity contribution >= 4 is 17.9 Å². The van der Waals surface area contributed by atoms with Crippen molar-refractivity contribution in [1.82, 2.24) is 10.5 Å². The van der Waals surface area contributed by atoms with E-state index in [2.05, 4.69) is 25.1 Å². The molecule has 8 nitrogen and oxygen atoms in total. The lowest BCUT2D eigenvalue weighted by atomic mass is 10.2. The van der Waals surface area contributed by atoms with Crippen molar-refractivity contribution in [2.75, 3.05) is 12.4 Å². The van der Waals surface area contributed by atoms with Crippen LogP contribution in [-0.2, 0) is 20.9 Å². The van der Waals surface area contributed by atoms with Gasteiger partial charge in [0.1, 0.15) is 18.6 Å². The van der Waals surface area contributed by atoms with Crippen LogP contribution in [0.4, 0.5) is 10.6 Å². The maximum Gasteiger partial charge on any atom is 0.412 e. The van der Waals surface area contributed by atoms with E-state index in [9.17, 15) is 9.59 Å². The average molecular weight is 317 g/mol. The Morgan fingerprint density at radius 3 is 2.70 bits per heavy atom. The highest BCUT2D eigenvalue weighted by molar-refractivity contribution is 5.92. The van der Waals surface area contributed by atoms with Gasteiger partial charge in [0.2, 0.25) is 0 Å². The maximum absolute atomic E-state index is 11.8. The third-order valence-corrected chi connectivity index (χ3v) is 2.66. The average Bonchev–Trinajstić information content (AvgIpc) is 3.10. The largest absolute Gasteiger partial charge is 0.464 e. The minimum Gasteiger partial charge on any atom is -0.464 e. The van der Waals surface area contributed by atoms with E-state index >= 15 is 0 Å². The van der Waals surface area contributed by atoms with E-state index in [0.29, 0.717) is 5.82 Å². The number of aromatic nitrogens is 1. The zero-order chi connectivity index (χ0) is 16.5. The van der Waals surface area contributed by atoms with E-state index in [0.717, 1.165) is 5.56 Å². The Labute approximate surface area is 132 Å². The first kappa shape index (κ1) is 16.1. The first-order valence-electron chi connectivity index (χ1n) is 6.62. The van der Waals surface area contributed by atoms with Crippen LogP contribution in [0.25, 0.3) is 0 Å². The Kier molecular flexibility index (Phi) is 5.75. The van der Waals surface area contributed by atoms with Crippen LogP contribution in [0.3, 0.4) is 0 Å². The lowest BCUT2D eigenvalue weighted by Gasteiger charge is -2.09. The Morgan fingerprint density at radius 2 is 2.04 bits per heavy atom. The van der Waals surface area contributed by atoms with Gasteiger partial charge in [0.05, 0.1) is 7.11 Å². The Morgan fingerprint density at radius 1 is 1.26 bits per heavy atom. The van der Waals surface area contributed by atoms with Gasteiger partial charge in [0.15, 0.2) is 5.82 Å². The van der Waals surface area contributed by atoms with Gasteiger partial charge in [0, 0.05) is 12.3 Å². The fraction of sp³-hybridized carbons (Fsp3) is 0.133. The number of ether oxygens (including phenoxy) is 2. The number of hydrogen-bond donors (Lipinski definition) is 2. The summed E-state index contributed by atoms with van der Waals surface area (Å²) in [7, 11) is 1.20. The van der Waals surface area contributed by atoms with Crippen LogP contribution in [0.1, 0.15) is 5.56 Å². The second-order valence-corrected chi connectivity index (χ2v) is 4.27. The third kappa shape index (κ3) is 5.20. The van der Waals surface area contributed by atoms with E-state index < -0.39 is 12.1 Å². The number of anilines is 1. The molecule has 2 aromatic rings. The highest BCUT2D eigenvalue weighted by atomic mass is 16.6. The molecule has 0 spiro atoms. The van der Waals surface area contributed by atoms with Crippen LogP contribution in [0.2, 0.25) is 0 Å². The Bertz CT molecular complexity index is 668. The molecule has 1 aromatic carbocycles. The van der Waals surface area contributed by atoms with Gasteiger partial charge in [-0.25, -0.2) is 9.59 Å². The number of carbonyl (C=O) groups excluding carboxylic acids is 2. The molecule has 0 atom stereocenters. The lowest BCUT2D eigenvalue weighted by Crippen LogP contribution is -2.29. The third-order valence-electron chi connectivity index (χ3n) is 2.66. The molecule has 0 fully saturated rings. The number of alkyl carbamates (subject to hydrolysis) is 1. The molecule has 2 N–H and O–H groups in total. The fourth-order valence-corrected chi connectivity index (χ4v) is 1.56. The molecule has 1 amide bonds. The van der Waals surface area contributed by atoms with E-state index in [1.807, 2.05) is 30.3 Å². The van der Waals surface area contributed by atoms with E-state index in [4.69, 9.17) is 4.74 Å². The van der Waals surface area contributed by atoms with Gasteiger partial charge >= 0.3 is 12.1 Å². The van der Waals surface area contributed by atoms with Crippen molar-refractivity contribution in [3.63, 3.8) is 0 Å². The molecule has 0 bridgehead atoms. The van der Waals surface area contributed by atoms with Crippen molar-refractivity contribution in [3.8, 4) is 0 Å². The van der Waals surface area contributed by atoms with Crippen LogP contribution in [0.15, 0.2) is 59.1 Å². The molecular formula is C15H15N3O5. The molecule has 1 heterocycles. The summed E-state index contributed by atoms with van der Waals surface area (Å²) in [5.74, 6) is -0.372. The second-order valence-electron chi connectivity index (χ2n) is 4.27. The summed E-state index contributed by atoms with van der Waals surface area (Å²) in [5, 5.41) is 8.59. The first-order valence-corrected chi connectivity index (χ1v) is 6.62. The minimum absolute atomic E-state index is 0.0812. The molecule has 120 valence electrons. The van der Waals surface area contributed by atoms with Crippen molar-refractivity contribution in [2.24, 2.45) is 0 Å². The molecule has 0 unspecified atom stereocenters. The van der Waals surface area contributed by atoms with Crippen LogP contribution in [0.5, 0.6) is 0 Å². The van der Waals surface area contributed by atoms with Crippen molar-refractivity contribution in [2.45, 2.75) is 6.61 Å². The molecule has 0 aliphatic rings. The molecule has 0 aliphatic carbocycles. The standard InChI is InChI=1S/C15H15N3O5/c1-21-14(19)12(9-16-13-7-8-23-18-13)17-15(20)22-10-11-5-3-2-4-6-11/h2-9H,10H2,1H3,(H,16,18)(H,17,20)/b12-9-. The molecule has 23 heavy (non-hydrogen) atoms. The molecule has 0 saturated carbocycles. The Hall–Kier alpha value is -3.29. The molecular weight excluding hydrogens is 302 g/mol. The maximum atomic E-state index is 11.8. The van der Waals surface area contributed by atoms with Crippen LogP contribution >= 0.6 is 0 Å². The second kappa shape index (κ2) is 8.23. The number of rotatable bonds is 6. The van der Waals surface area contributed by atoms with Gasteiger partial charge in [-0.15, -0.1) is 0 Å². The predicted molar refractivity (Wildman–Crippen MR) is 80.0 cm³/mol. The molecule has 2 rings (SSSR count). The van der Waals surface area contributed by atoms with Crippen molar-refractivity contribution in [1.29, 1.82) is 0 Å². The van der Waals surface area contributed by atoms with E-state index in [1.54, 1.807) is 6.07 Å². The molecule has 0 saturated heterocycles. The topological polar surface area (TPSA) is 103 Å². The normalized spacial score (nSPS) is 10.7.